The highest BCUT2D eigenvalue weighted by Gasteiger charge is 2.18. The molecule has 26 heavy (non-hydrogen) atoms. The summed E-state index contributed by atoms with van der Waals surface area (Å²) in [5, 5.41) is 2.73. The molecule has 6 nitrogen and oxygen atoms in total. The topological polar surface area (TPSA) is 81.4 Å². The highest BCUT2D eigenvalue weighted by atomic mass is 16.5. The van der Waals surface area contributed by atoms with Crippen molar-refractivity contribution in [1.29, 1.82) is 0 Å². The normalized spacial score (nSPS) is 12.0. The third-order valence-corrected chi connectivity index (χ3v) is 3.92. The first-order valence-corrected chi connectivity index (χ1v) is 8.85. The number of hydrogen-bond donors (Lipinski definition) is 1. The van der Waals surface area contributed by atoms with Crippen LogP contribution in [0.5, 0.6) is 5.75 Å². The number of nitrogens with one attached hydrogen (secondary N) is 1. The molecule has 1 atom stereocenters. The molecule has 0 saturated carbocycles. The lowest BCUT2D eigenvalue weighted by Gasteiger charge is -2.15. The minimum atomic E-state index is -0.595. The van der Waals surface area contributed by atoms with Gasteiger partial charge in [0.05, 0.1) is 12.7 Å². The lowest BCUT2D eigenvalue weighted by molar-refractivity contribution is 0.0927. The fourth-order valence-corrected chi connectivity index (χ4v) is 2.52. The van der Waals surface area contributed by atoms with Gasteiger partial charge in [0.15, 0.2) is 0 Å². The number of ether oxygens (including phenoxy) is 1. The molecule has 0 saturated heterocycles. The summed E-state index contributed by atoms with van der Waals surface area (Å²) in [7, 11) is 0. The predicted molar refractivity (Wildman–Crippen MR) is 99.5 cm³/mol. The highest BCUT2D eigenvalue weighted by molar-refractivity contribution is 5.95. The Labute approximate surface area is 153 Å². The third-order valence-electron chi connectivity index (χ3n) is 3.92. The Hall–Kier alpha value is -2.63. The van der Waals surface area contributed by atoms with E-state index in [-0.39, 0.29) is 18.2 Å². The largest absolute Gasteiger partial charge is 0.487 e. The van der Waals surface area contributed by atoms with E-state index in [0.717, 1.165) is 6.42 Å². The van der Waals surface area contributed by atoms with Crippen LogP contribution in [0.3, 0.4) is 0 Å². The molecular weight excluding hydrogens is 332 g/mol. The summed E-state index contributed by atoms with van der Waals surface area (Å²) in [6.07, 6.45) is 4.61. The lowest BCUT2D eigenvalue weighted by Crippen LogP contribution is -2.36. The zero-order valence-corrected chi connectivity index (χ0v) is 15.7. The molecule has 0 aliphatic carbocycles. The van der Waals surface area contributed by atoms with Crippen LogP contribution in [0.2, 0.25) is 0 Å². The van der Waals surface area contributed by atoms with Crippen molar-refractivity contribution in [1.82, 2.24) is 10.3 Å². The van der Waals surface area contributed by atoms with Gasteiger partial charge in [-0.3, -0.25) is 9.78 Å². The van der Waals surface area contributed by atoms with Crippen LogP contribution in [0.25, 0.3) is 0 Å². The van der Waals surface area contributed by atoms with Crippen LogP contribution in [0.1, 0.15) is 48.9 Å². The van der Waals surface area contributed by atoms with Crippen LogP contribution in [0.15, 0.2) is 39.8 Å². The first-order chi connectivity index (χ1) is 12.4. The second kappa shape index (κ2) is 9.17. The van der Waals surface area contributed by atoms with Crippen molar-refractivity contribution < 1.29 is 13.9 Å². The van der Waals surface area contributed by atoms with Gasteiger partial charge in [0.2, 0.25) is 0 Å². The Bertz CT molecular complexity index is 784. The van der Waals surface area contributed by atoms with Gasteiger partial charge in [-0.1, -0.05) is 13.8 Å². The van der Waals surface area contributed by atoms with Crippen LogP contribution in [0.4, 0.5) is 0 Å². The Kier molecular flexibility index (Phi) is 6.95. The van der Waals surface area contributed by atoms with Gasteiger partial charge in [-0.05, 0) is 49.9 Å². The smallest absolute Gasteiger partial charge is 0.349 e. The van der Waals surface area contributed by atoms with Crippen molar-refractivity contribution >= 4 is 5.91 Å². The summed E-state index contributed by atoms with van der Waals surface area (Å²) in [6.45, 7) is 8.07. The molecule has 6 heteroatoms. The van der Waals surface area contributed by atoms with Gasteiger partial charge in [0.1, 0.15) is 23.2 Å². The number of carbonyl (C=O) groups is 1. The molecule has 0 bridgehead atoms. The summed E-state index contributed by atoms with van der Waals surface area (Å²) in [5.74, 6) is 1.31. The second-order valence-corrected chi connectivity index (χ2v) is 6.82. The molecule has 1 amide bonds. The van der Waals surface area contributed by atoms with E-state index in [9.17, 15) is 9.59 Å². The second-order valence-electron chi connectivity index (χ2n) is 6.82. The van der Waals surface area contributed by atoms with Gasteiger partial charge >= 0.3 is 5.63 Å². The molecule has 2 rings (SSSR count). The van der Waals surface area contributed by atoms with Crippen molar-refractivity contribution in [3.8, 4) is 5.75 Å². The molecule has 2 aromatic heterocycles. The Morgan fingerprint density at radius 1 is 1.35 bits per heavy atom. The molecule has 2 aromatic rings. The molecule has 0 spiro atoms. The van der Waals surface area contributed by atoms with Crippen molar-refractivity contribution in [3.05, 3.63) is 57.9 Å². The van der Waals surface area contributed by atoms with E-state index in [1.165, 1.54) is 0 Å². The van der Waals surface area contributed by atoms with E-state index in [4.69, 9.17) is 9.15 Å². The van der Waals surface area contributed by atoms with Crippen molar-refractivity contribution in [2.45, 2.75) is 46.6 Å². The molecule has 1 N–H and O–H groups in total. The SMILES string of the molecule is Cc1cc(CCC(C)C)oc(=O)c1C(=O)NCC(C)Oc1cccnc1. The number of aromatic nitrogens is 1. The number of pyridine rings is 1. The van der Waals surface area contributed by atoms with E-state index >= 15 is 0 Å². The molecule has 0 aromatic carbocycles. The van der Waals surface area contributed by atoms with Crippen molar-refractivity contribution in [2.24, 2.45) is 5.92 Å². The summed E-state index contributed by atoms with van der Waals surface area (Å²) >= 11 is 0. The maximum absolute atomic E-state index is 12.4. The van der Waals surface area contributed by atoms with Crippen LogP contribution < -0.4 is 15.7 Å². The summed E-state index contributed by atoms with van der Waals surface area (Å²) in [4.78, 5) is 28.6. The van der Waals surface area contributed by atoms with Gasteiger partial charge in [-0.2, -0.15) is 0 Å². The number of aryl methyl sites for hydroxylation is 2. The Morgan fingerprint density at radius 3 is 2.73 bits per heavy atom. The average molecular weight is 358 g/mol. The van der Waals surface area contributed by atoms with E-state index in [2.05, 4.69) is 24.1 Å². The third kappa shape index (κ3) is 5.72. The quantitative estimate of drug-likeness (QED) is 0.784. The summed E-state index contributed by atoms with van der Waals surface area (Å²) in [5.41, 5.74) is 0.0762. The fraction of sp³-hybridized carbons (Fsp3) is 0.450. The van der Waals surface area contributed by atoms with Crippen LogP contribution in [-0.4, -0.2) is 23.5 Å². The number of carbonyl (C=O) groups excluding carboxylic acids is 1. The van der Waals surface area contributed by atoms with Gasteiger partial charge in [-0.15, -0.1) is 0 Å². The fourth-order valence-electron chi connectivity index (χ4n) is 2.52. The number of rotatable bonds is 8. The van der Waals surface area contributed by atoms with E-state index in [0.29, 0.717) is 29.4 Å². The first kappa shape index (κ1) is 19.7. The molecule has 0 aliphatic heterocycles. The van der Waals surface area contributed by atoms with Crippen molar-refractivity contribution in [2.75, 3.05) is 6.54 Å². The van der Waals surface area contributed by atoms with Gasteiger partial charge in [-0.25, -0.2) is 4.79 Å². The Balaban J connectivity index is 1.97. The lowest BCUT2D eigenvalue weighted by atomic mass is 10.0. The zero-order chi connectivity index (χ0) is 19.1. The molecular formula is C20H26N2O4. The van der Waals surface area contributed by atoms with Crippen LogP contribution >= 0.6 is 0 Å². The monoisotopic (exact) mass is 358 g/mol. The maximum atomic E-state index is 12.4. The number of hydrogen-bond acceptors (Lipinski definition) is 5. The maximum Gasteiger partial charge on any atom is 0.349 e. The molecule has 0 aliphatic rings. The predicted octanol–water partition coefficient (Wildman–Crippen LogP) is 3.13. The molecule has 140 valence electrons. The first-order valence-electron chi connectivity index (χ1n) is 8.85. The van der Waals surface area contributed by atoms with Crippen LogP contribution in [-0.2, 0) is 6.42 Å². The standard InChI is InChI=1S/C20H26N2O4/c1-13(2)7-8-16-10-14(3)18(20(24)26-16)19(23)22-11-15(4)25-17-6-5-9-21-12-17/h5-6,9-10,12-13,15H,7-8,11H2,1-4H3,(H,22,23). The molecule has 2 heterocycles. The van der Waals surface area contributed by atoms with Gasteiger partial charge < -0.3 is 14.5 Å². The Morgan fingerprint density at radius 2 is 2.12 bits per heavy atom. The zero-order valence-electron chi connectivity index (χ0n) is 15.7. The molecule has 0 fully saturated rings. The van der Waals surface area contributed by atoms with E-state index in [1.54, 1.807) is 37.5 Å². The molecule has 1 unspecified atom stereocenters. The van der Waals surface area contributed by atoms with Gasteiger partial charge in [0, 0.05) is 12.6 Å². The highest BCUT2D eigenvalue weighted by Crippen LogP contribution is 2.12. The van der Waals surface area contributed by atoms with E-state index in [1.807, 2.05) is 6.92 Å². The minimum absolute atomic E-state index is 0.0480. The average Bonchev–Trinajstić information content (AvgIpc) is 2.58. The number of amides is 1. The van der Waals surface area contributed by atoms with Gasteiger partial charge in [0.25, 0.3) is 5.91 Å². The van der Waals surface area contributed by atoms with Crippen molar-refractivity contribution in [3.63, 3.8) is 0 Å². The van der Waals surface area contributed by atoms with E-state index < -0.39 is 11.5 Å². The molecule has 0 radical (unpaired) electrons. The summed E-state index contributed by atoms with van der Waals surface area (Å²) < 4.78 is 11.0. The number of nitrogens with zero attached hydrogens (tertiary/aromatic N) is 1. The van der Waals surface area contributed by atoms with Crippen LogP contribution in [0, 0.1) is 12.8 Å². The summed E-state index contributed by atoms with van der Waals surface area (Å²) in [6, 6.07) is 5.34. The minimum Gasteiger partial charge on any atom is -0.487 e.